The quantitative estimate of drug-likeness (QED) is 0.706. The van der Waals surface area contributed by atoms with E-state index >= 15 is 0 Å². The summed E-state index contributed by atoms with van der Waals surface area (Å²) in [6.07, 6.45) is -5.71. The van der Waals surface area contributed by atoms with Crippen LogP contribution in [0.1, 0.15) is 33.6 Å². The van der Waals surface area contributed by atoms with Crippen molar-refractivity contribution in [2.45, 2.75) is 39.8 Å². The Hall–Kier alpha value is -0.740. The van der Waals surface area contributed by atoms with E-state index in [2.05, 4.69) is 0 Å². The fraction of sp³-hybridized carbons (Fsp3) is 0.889. The maximum absolute atomic E-state index is 11.6. The summed E-state index contributed by atoms with van der Waals surface area (Å²) < 4.78 is 34.8. The van der Waals surface area contributed by atoms with E-state index in [0.717, 1.165) is 0 Å². The summed E-state index contributed by atoms with van der Waals surface area (Å²) in [7, 11) is 1.48. The fourth-order valence-electron chi connectivity index (χ4n) is 0.616. The third-order valence-electron chi connectivity index (χ3n) is 1.52. The van der Waals surface area contributed by atoms with Crippen LogP contribution in [0.3, 0.4) is 0 Å². The molecule has 14 heavy (non-hydrogen) atoms. The molecule has 0 saturated carbocycles. The van der Waals surface area contributed by atoms with E-state index in [-0.39, 0.29) is 0 Å². The highest BCUT2D eigenvalue weighted by Gasteiger charge is 2.28. The molecule has 0 unspecified atom stereocenters. The van der Waals surface area contributed by atoms with E-state index in [1.54, 1.807) is 6.92 Å². The molecule has 0 saturated heterocycles. The normalized spacial score (nSPS) is 10.2. The van der Waals surface area contributed by atoms with E-state index in [1.165, 1.54) is 11.9 Å². The third-order valence-corrected chi connectivity index (χ3v) is 1.52. The van der Waals surface area contributed by atoms with Crippen LogP contribution in [-0.2, 0) is 4.79 Å². The van der Waals surface area contributed by atoms with Crippen molar-refractivity contribution in [3.05, 3.63) is 0 Å². The van der Waals surface area contributed by atoms with Gasteiger partial charge in [0.25, 0.3) is 0 Å². The Balaban J connectivity index is 0. The van der Waals surface area contributed by atoms with Crippen LogP contribution in [0.2, 0.25) is 0 Å². The largest absolute Gasteiger partial charge is 0.389 e. The SMILES string of the molecule is CC.CCN(C)C(=O)CCC(F)(F)F. The Morgan fingerprint density at radius 2 is 1.71 bits per heavy atom. The highest BCUT2D eigenvalue weighted by atomic mass is 19.4. The number of carbonyl (C=O) groups is 1. The first-order valence-electron chi connectivity index (χ1n) is 4.67. The molecule has 0 heterocycles. The van der Waals surface area contributed by atoms with E-state index in [4.69, 9.17) is 0 Å². The smallest absolute Gasteiger partial charge is 0.346 e. The van der Waals surface area contributed by atoms with Gasteiger partial charge in [-0.3, -0.25) is 4.79 Å². The fourth-order valence-corrected chi connectivity index (χ4v) is 0.616. The molecule has 0 fully saturated rings. The predicted molar refractivity (Wildman–Crippen MR) is 49.9 cm³/mol. The molecule has 0 radical (unpaired) electrons. The van der Waals surface area contributed by atoms with Gasteiger partial charge in [-0.25, -0.2) is 0 Å². The highest BCUT2D eigenvalue weighted by molar-refractivity contribution is 5.75. The number of carbonyl (C=O) groups excluding carboxylic acids is 1. The lowest BCUT2D eigenvalue weighted by Crippen LogP contribution is -2.27. The zero-order chi connectivity index (χ0) is 11.8. The highest BCUT2D eigenvalue weighted by Crippen LogP contribution is 2.21. The van der Waals surface area contributed by atoms with Gasteiger partial charge in [0, 0.05) is 20.0 Å². The summed E-state index contributed by atoms with van der Waals surface area (Å²) >= 11 is 0. The molecule has 0 aromatic rings. The molecule has 0 aliphatic heterocycles. The molecule has 0 aliphatic rings. The average molecular weight is 213 g/mol. The summed E-state index contributed by atoms with van der Waals surface area (Å²) in [6, 6.07) is 0. The topological polar surface area (TPSA) is 20.3 Å². The van der Waals surface area contributed by atoms with Gasteiger partial charge in [0.2, 0.25) is 5.91 Å². The van der Waals surface area contributed by atoms with E-state index in [0.29, 0.717) is 6.54 Å². The first kappa shape index (κ1) is 15.7. The summed E-state index contributed by atoms with van der Waals surface area (Å²) in [5.41, 5.74) is 0. The van der Waals surface area contributed by atoms with Crippen molar-refractivity contribution in [1.29, 1.82) is 0 Å². The summed E-state index contributed by atoms with van der Waals surface area (Å²) in [6.45, 7) is 6.15. The van der Waals surface area contributed by atoms with Gasteiger partial charge in [0.1, 0.15) is 0 Å². The number of halogens is 3. The van der Waals surface area contributed by atoms with Gasteiger partial charge in [0.05, 0.1) is 6.42 Å². The minimum absolute atomic E-state index is 0.441. The first-order valence-corrected chi connectivity index (χ1v) is 4.67. The molecule has 0 aliphatic carbocycles. The van der Waals surface area contributed by atoms with Crippen molar-refractivity contribution in [3.63, 3.8) is 0 Å². The molecule has 86 valence electrons. The molecule has 5 heteroatoms. The second-order valence-electron chi connectivity index (χ2n) is 2.52. The van der Waals surface area contributed by atoms with Crippen molar-refractivity contribution in [3.8, 4) is 0 Å². The maximum atomic E-state index is 11.6. The Bertz CT molecular complexity index is 157. The maximum Gasteiger partial charge on any atom is 0.389 e. The molecule has 0 atom stereocenters. The van der Waals surface area contributed by atoms with Crippen LogP contribution >= 0.6 is 0 Å². The van der Waals surface area contributed by atoms with Crippen LogP contribution in [0.25, 0.3) is 0 Å². The molecule has 0 bridgehead atoms. The molecule has 1 amide bonds. The van der Waals surface area contributed by atoms with E-state index in [9.17, 15) is 18.0 Å². The van der Waals surface area contributed by atoms with Crippen LogP contribution in [0.15, 0.2) is 0 Å². The monoisotopic (exact) mass is 213 g/mol. The number of hydrogen-bond donors (Lipinski definition) is 0. The van der Waals surface area contributed by atoms with Gasteiger partial charge in [-0.05, 0) is 6.92 Å². The van der Waals surface area contributed by atoms with Crippen molar-refractivity contribution in [1.82, 2.24) is 4.90 Å². The average Bonchev–Trinajstić information content (AvgIpc) is 2.15. The summed E-state index contributed by atoms with van der Waals surface area (Å²) in [5, 5.41) is 0. The predicted octanol–water partition coefficient (Wildman–Crippen LogP) is 2.83. The van der Waals surface area contributed by atoms with Crippen LogP contribution in [0.4, 0.5) is 13.2 Å². The Labute approximate surface area is 83.1 Å². The number of rotatable bonds is 3. The summed E-state index contributed by atoms with van der Waals surface area (Å²) in [5.74, 6) is -0.463. The Kier molecular flexibility index (Phi) is 8.58. The molecule has 0 N–H and O–H groups in total. The molecule has 0 aromatic heterocycles. The number of hydrogen-bond acceptors (Lipinski definition) is 1. The van der Waals surface area contributed by atoms with Gasteiger partial charge in [-0.15, -0.1) is 0 Å². The van der Waals surface area contributed by atoms with E-state index < -0.39 is 24.9 Å². The molecule has 2 nitrogen and oxygen atoms in total. The summed E-state index contributed by atoms with van der Waals surface area (Å²) in [4.78, 5) is 12.1. The van der Waals surface area contributed by atoms with Gasteiger partial charge < -0.3 is 4.90 Å². The zero-order valence-corrected chi connectivity index (χ0v) is 9.11. The Morgan fingerprint density at radius 1 is 1.29 bits per heavy atom. The lowest BCUT2D eigenvalue weighted by molar-refractivity contribution is -0.148. The van der Waals surface area contributed by atoms with Gasteiger partial charge in [-0.2, -0.15) is 13.2 Å². The molecular weight excluding hydrogens is 195 g/mol. The van der Waals surface area contributed by atoms with Crippen molar-refractivity contribution >= 4 is 5.91 Å². The molecule has 0 rings (SSSR count). The second-order valence-corrected chi connectivity index (χ2v) is 2.52. The minimum Gasteiger partial charge on any atom is -0.346 e. The van der Waals surface area contributed by atoms with Crippen LogP contribution < -0.4 is 0 Å². The Morgan fingerprint density at radius 3 is 2.00 bits per heavy atom. The van der Waals surface area contributed by atoms with Gasteiger partial charge in [-0.1, -0.05) is 13.8 Å². The number of alkyl halides is 3. The molecule has 0 spiro atoms. The lowest BCUT2D eigenvalue weighted by Gasteiger charge is -2.14. The third kappa shape index (κ3) is 9.35. The lowest BCUT2D eigenvalue weighted by atomic mass is 10.3. The van der Waals surface area contributed by atoms with Crippen molar-refractivity contribution in [2.75, 3.05) is 13.6 Å². The van der Waals surface area contributed by atoms with Gasteiger partial charge >= 0.3 is 6.18 Å². The van der Waals surface area contributed by atoms with Gasteiger partial charge in [0.15, 0.2) is 0 Å². The standard InChI is InChI=1S/C7H12F3NO.C2H6/c1-3-11(2)6(12)4-5-7(8,9)10;1-2/h3-5H2,1-2H3;1-2H3. The minimum atomic E-state index is -4.23. The zero-order valence-electron chi connectivity index (χ0n) is 9.11. The van der Waals surface area contributed by atoms with Crippen LogP contribution in [0.5, 0.6) is 0 Å². The first-order chi connectivity index (χ1) is 6.37. The van der Waals surface area contributed by atoms with Crippen molar-refractivity contribution in [2.24, 2.45) is 0 Å². The second kappa shape index (κ2) is 7.64. The number of nitrogens with zero attached hydrogens (tertiary/aromatic N) is 1. The van der Waals surface area contributed by atoms with E-state index in [1.807, 2.05) is 13.8 Å². The van der Waals surface area contributed by atoms with Crippen LogP contribution in [0, 0.1) is 0 Å². The number of amides is 1. The van der Waals surface area contributed by atoms with Crippen LogP contribution in [-0.4, -0.2) is 30.6 Å². The molecule has 0 aromatic carbocycles. The molecular formula is C9H18F3NO. The van der Waals surface area contributed by atoms with Crippen molar-refractivity contribution < 1.29 is 18.0 Å².